The largest absolute Gasteiger partial charge is 0.468 e. The third kappa shape index (κ3) is 4.70. The molecule has 23 heavy (non-hydrogen) atoms. The highest BCUT2D eigenvalue weighted by Crippen LogP contribution is 2.27. The molecule has 6 heteroatoms. The topological polar surface area (TPSA) is 40.4 Å². The maximum atomic E-state index is 6.30. The molecule has 0 bridgehead atoms. The van der Waals surface area contributed by atoms with Gasteiger partial charge in [-0.2, -0.15) is 0 Å². The fourth-order valence-electron chi connectivity index (χ4n) is 2.44. The van der Waals surface area contributed by atoms with Gasteiger partial charge in [-0.1, -0.05) is 17.7 Å². The first-order chi connectivity index (χ1) is 10.9. The average Bonchev–Trinajstić information content (AvgIpc) is 2.96. The van der Waals surface area contributed by atoms with Crippen LogP contribution in [0.2, 0.25) is 5.02 Å². The Morgan fingerprint density at radius 3 is 2.65 bits per heavy atom. The number of nitrogens with one attached hydrogen (secondary N) is 2. The molecule has 2 N–H and O–H groups in total. The van der Waals surface area contributed by atoms with Gasteiger partial charge in [-0.3, -0.25) is 4.90 Å². The van der Waals surface area contributed by atoms with Crippen LogP contribution >= 0.6 is 23.8 Å². The molecule has 0 aliphatic carbocycles. The summed E-state index contributed by atoms with van der Waals surface area (Å²) in [5, 5.41) is 7.62. The normalized spacial score (nSPS) is 12.3. The van der Waals surface area contributed by atoms with Crippen LogP contribution in [-0.2, 0) is 0 Å². The number of likely N-dealkylation sites (N-methyl/N-ethyl adjacent to an activating group) is 1. The van der Waals surface area contributed by atoms with E-state index in [1.165, 1.54) is 0 Å². The van der Waals surface area contributed by atoms with E-state index in [-0.39, 0.29) is 6.04 Å². The summed E-state index contributed by atoms with van der Waals surface area (Å²) < 4.78 is 5.49. The van der Waals surface area contributed by atoms with Crippen LogP contribution in [0.25, 0.3) is 0 Å². The fourth-order valence-corrected chi connectivity index (χ4v) is 2.99. The van der Waals surface area contributed by atoms with Crippen molar-refractivity contribution in [2.45, 2.75) is 19.9 Å². The SMILES string of the molecule is Cc1cc(C)c(NC(=S)NC[C@@H](c2ccco2)N(C)C)c(Cl)c1. The predicted molar refractivity (Wildman–Crippen MR) is 100 cm³/mol. The quantitative estimate of drug-likeness (QED) is 0.792. The zero-order valence-electron chi connectivity index (χ0n) is 13.8. The van der Waals surface area contributed by atoms with Gasteiger partial charge in [0.15, 0.2) is 5.11 Å². The number of hydrogen-bond acceptors (Lipinski definition) is 3. The number of benzene rings is 1. The average molecular weight is 352 g/mol. The van der Waals surface area contributed by atoms with Gasteiger partial charge in [0.05, 0.1) is 23.0 Å². The van der Waals surface area contributed by atoms with Crippen LogP contribution < -0.4 is 10.6 Å². The Morgan fingerprint density at radius 1 is 1.35 bits per heavy atom. The highest BCUT2D eigenvalue weighted by molar-refractivity contribution is 7.80. The van der Waals surface area contributed by atoms with E-state index in [1.54, 1.807) is 6.26 Å². The van der Waals surface area contributed by atoms with Crippen molar-refractivity contribution in [1.29, 1.82) is 0 Å². The standard InChI is InChI=1S/C17H22ClN3OS/c1-11-8-12(2)16(13(18)9-11)20-17(23)19-10-14(21(3)4)15-6-5-7-22-15/h5-9,14H,10H2,1-4H3,(H2,19,20,23)/t14-/m0/s1. The second-order valence-electron chi connectivity index (χ2n) is 5.77. The number of thiocarbonyl (C=S) groups is 1. The van der Waals surface area contributed by atoms with Crippen LogP contribution in [-0.4, -0.2) is 30.7 Å². The summed E-state index contributed by atoms with van der Waals surface area (Å²) in [5.41, 5.74) is 3.03. The van der Waals surface area contributed by atoms with E-state index in [0.29, 0.717) is 16.7 Å². The number of furan rings is 1. The number of anilines is 1. The number of nitrogens with zero attached hydrogens (tertiary/aromatic N) is 1. The first kappa shape index (κ1) is 17.8. The van der Waals surface area contributed by atoms with Crippen molar-refractivity contribution in [2.75, 3.05) is 26.0 Å². The van der Waals surface area contributed by atoms with Gasteiger partial charge in [0.1, 0.15) is 5.76 Å². The van der Waals surface area contributed by atoms with Crippen LogP contribution in [0.4, 0.5) is 5.69 Å². The molecule has 0 aliphatic rings. The lowest BCUT2D eigenvalue weighted by Gasteiger charge is -2.23. The Labute approximate surface area is 147 Å². The molecule has 2 rings (SSSR count). The van der Waals surface area contributed by atoms with E-state index in [4.69, 9.17) is 28.2 Å². The molecule has 1 aromatic carbocycles. The molecular weight excluding hydrogens is 330 g/mol. The molecule has 0 saturated carbocycles. The third-order valence-corrected chi connectivity index (χ3v) is 4.17. The Hall–Kier alpha value is -1.56. The van der Waals surface area contributed by atoms with Crippen LogP contribution in [0.15, 0.2) is 34.9 Å². The van der Waals surface area contributed by atoms with Crippen molar-refractivity contribution in [3.63, 3.8) is 0 Å². The van der Waals surface area contributed by atoms with Gasteiger partial charge in [0.25, 0.3) is 0 Å². The van der Waals surface area contributed by atoms with Crippen molar-refractivity contribution in [2.24, 2.45) is 0 Å². The second kappa shape index (κ2) is 7.81. The van der Waals surface area contributed by atoms with Gasteiger partial charge in [0, 0.05) is 6.54 Å². The molecule has 0 saturated heterocycles. The van der Waals surface area contributed by atoms with Gasteiger partial charge in [-0.25, -0.2) is 0 Å². The minimum atomic E-state index is 0.0966. The number of hydrogen-bond donors (Lipinski definition) is 2. The second-order valence-corrected chi connectivity index (χ2v) is 6.58. The van der Waals surface area contributed by atoms with Crippen molar-refractivity contribution in [3.8, 4) is 0 Å². The van der Waals surface area contributed by atoms with Crippen molar-refractivity contribution in [3.05, 3.63) is 52.4 Å². The molecule has 0 amide bonds. The first-order valence-electron chi connectivity index (χ1n) is 7.40. The highest BCUT2D eigenvalue weighted by Gasteiger charge is 2.17. The predicted octanol–water partition coefficient (Wildman–Crippen LogP) is 4.14. The Kier molecular flexibility index (Phi) is 6.04. The van der Waals surface area contributed by atoms with Crippen LogP contribution in [0.1, 0.15) is 22.9 Å². The van der Waals surface area contributed by atoms with Crippen LogP contribution in [0.5, 0.6) is 0 Å². The summed E-state index contributed by atoms with van der Waals surface area (Å²) in [4.78, 5) is 2.08. The van der Waals surface area contributed by atoms with E-state index in [0.717, 1.165) is 22.6 Å². The van der Waals surface area contributed by atoms with Gasteiger partial charge < -0.3 is 15.1 Å². The van der Waals surface area contributed by atoms with E-state index in [9.17, 15) is 0 Å². The van der Waals surface area contributed by atoms with E-state index in [1.807, 2.05) is 46.1 Å². The fraction of sp³-hybridized carbons (Fsp3) is 0.353. The summed E-state index contributed by atoms with van der Waals surface area (Å²) in [6, 6.07) is 7.94. The monoisotopic (exact) mass is 351 g/mol. The molecule has 2 aromatic rings. The highest BCUT2D eigenvalue weighted by atomic mass is 35.5. The smallest absolute Gasteiger partial charge is 0.170 e. The molecule has 0 spiro atoms. The molecule has 0 unspecified atom stereocenters. The minimum absolute atomic E-state index is 0.0966. The molecule has 1 aromatic heterocycles. The maximum Gasteiger partial charge on any atom is 0.170 e. The number of rotatable bonds is 5. The molecular formula is C17H22ClN3OS. The third-order valence-electron chi connectivity index (χ3n) is 3.62. The molecule has 4 nitrogen and oxygen atoms in total. The molecule has 124 valence electrons. The van der Waals surface area contributed by atoms with E-state index >= 15 is 0 Å². The Morgan fingerprint density at radius 2 is 2.09 bits per heavy atom. The van der Waals surface area contributed by atoms with E-state index < -0.39 is 0 Å². The van der Waals surface area contributed by atoms with Crippen molar-refractivity contribution < 1.29 is 4.42 Å². The van der Waals surface area contributed by atoms with Crippen molar-refractivity contribution >= 4 is 34.6 Å². The first-order valence-corrected chi connectivity index (χ1v) is 8.18. The Bertz CT molecular complexity index is 647. The molecule has 0 aliphatic heterocycles. The Balaban J connectivity index is 2.00. The zero-order chi connectivity index (χ0) is 17.0. The summed E-state index contributed by atoms with van der Waals surface area (Å²) in [6.07, 6.45) is 1.68. The van der Waals surface area contributed by atoms with Gasteiger partial charge in [0.2, 0.25) is 0 Å². The molecule has 0 radical (unpaired) electrons. The summed E-state index contributed by atoms with van der Waals surface area (Å²) >= 11 is 11.7. The van der Waals surface area contributed by atoms with Gasteiger partial charge >= 0.3 is 0 Å². The van der Waals surface area contributed by atoms with E-state index in [2.05, 4.69) is 21.6 Å². The lowest BCUT2D eigenvalue weighted by atomic mass is 10.1. The summed E-state index contributed by atoms with van der Waals surface area (Å²) in [6.45, 7) is 4.66. The van der Waals surface area contributed by atoms with Gasteiger partial charge in [-0.15, -0.1) is 0 Å². The van der Waals surface area contributed by atoms with Crippen LogP contribution in [0, 0.1) is 13.8 Å². The summed E-state index contributed by atoms with van der Waals surface area (Å²) in [7, 11) is 4.01. The molecule has 0 fully saturated rings. The van der Waals surface area contributed by atoms with Crippen molar-refractivity contribution in [1.82, 2.24) is 10.2 Å². The number of halogens is 1. The zero-order valence-corrected chi connectivity index (χ0v) is 15.4. The number of aryl methyl sites for hydroxylation is 2. The minimum Gasteiger partial charge on any atom is -0.468 e. The molecule has 1 atom stereocenters. The van der Waals surface area contributed by atoms with Crippen LogP contribution in [0.3, 0.4) is 0 Å². The maximum absolute atomic E-state index is 6.30. The lowest BCUT2D eigenvalue weighted by molar-refractivity contribution is 0.259. The molecule has 1 heterocycles. The van der Waals surface area contributed by atoms with Gasteiger partial charge in [-0.05, 0) is 69.5 Å². The summed E-state index contributed by atoms with van der Waals surface area (Å²) in [5.74, 6) is 0.898. The lowest BCUT2D eigenvalue weighted by Crippen LogP contribution is -2.36.